The van der Waals surface area contributed by atoms with Crippen LogP contribution in [0, 0.1) is 0 Å². The summed E-state index contributed by atoms with van der Waals surface area (Å²) in [7, 11) is 0. The standard InChI is InChI=1S/C20H22ClN5O3/c1-2-13-15(25-10-4-7-17(25)27)5-3-6-16(13)26(20(28)29)19-22-11-14(21)18(24-19)23-12-8-9-12/h3,5-6,11-12H,2,4,7-10H2,1H3,(H,28,29)(H,22,23,24). The number of aromatic nitrogens is 2. The molecule has 1 aromatic heterocycles. The van der Waals surface area contributed by atoms with Crippen molar-refractivity contribution in [3.8, 4) is 0 Å². The topological polar surface area (TPSA) is 98.7 Å². The van der Waals surface area contributed by atoms with Gasteiger partial charge in [0.25, 0.3) is 0 Å². The van der Waals surface area contributed by atoms with Gasteiger partial charge in [-0.15, -0.1) is 0 Å². The molecule has 152 valence electrons. The summed E-state index contributed by atoms with van der Waals surface area (Å²) in [6, 6.07) is 5.63. The Morgan fingerprint density at radius 2 is 2.21 bits per heavy atom. The average Bonchev–Trinajstić information content (AvgIpc) is 3.41. The Morgan fingerprint density at radius 1 is 1.41 bits per heavy atom. The van der Waals surface area contributed by atoms with Crippen LogP contribution >= 0.6 is 11.6 Å². The van der Waals surface area contributed by atoms with Gasteiger partial charge in [-0.1, -0.05) is 24.6 Å². The molecular weight excluding hydrogens is 394 g/mol. The van der Waals surface area contributed by atoms with Crippen molar-refractivity contribution in [3.05, 3.63) is 35.0 Å². The number of anilines is 4. The van der Waals surface area contributed by atoms with E-state index in [1.165, 1.54) is 6.20 Å². The van der Waals surface area contributed by atoms with Crippen LogP contribution in [0.15, 0.2) is 24.4 Å². The highest BCUT2D eigenvalue weighted by atomic mass is 35.5. The zero-order valence-corrected chi connectivity index (χ0v) is 16.8. The molecule has 2 heterocycles. The Bertz CT molecular complexity index is 963. The second-order valence-electron chi connectivity index (χ2n) is 7.18. The van der Waals surface area contributed by atoms with Crippen molar-refractivity contribution in [3.63, 3.8) is 0 Å². The van der Waals surface area contributed by atoms with Crippen molar-refractivity contribution < 1.29 is 14.7 Å². The van der Waals surface area contributed by atoms with Gasteiger partial charge in [-0.25, -0.2) is 14.7 Å². The van der Waals surface area contributed by atoms with E-state index in [1.54, 1.807) is 17.0 Å². The summed E-state index contributed by atoms with van der Waals surface area (Å²) in [5.41, 5.74) is 1.95. The lowest BCUT2D eigenvalue weighted by Gasteiger charge is -2.25. The number of hydrogen-bond donors (Lipinski definition) is 2. The maximum atomic E-state index is 12.3. The second-order valence-corrected chi connectivity index (χ2v) is 7.59. The SMILES string of the molecule is CCc1c(N2CCCC2=O)cccc1N(C(=O)O)c1ncc(Cl)c(NC2CC2)n1. The number of benzene rings is 1. The molecule has 2 N–H and O–H groups in total. The van der Waals surface area contributed by atoms with Gasteiger partial charge in [0.15, 0.2) is 5.82 Å². The number of amides is 2. The van der Waals surface area contributed by atoms with Crippen LogP contribution in [0.5, 0.6) is 0 Å². The van der Waals surface area contributed by atoms with Gasteiger partial charge >= 0.3 is 6.09 Å². The van der Waals surface area contributed by atoms with Gasteiger partial charge in [-0.3, -0.25) is 4.79 Å². The first-order valence-corrected chi connectivity index (χ1v) is 10.1. The fourth-order valence-electron chi connectivity index (χ4n) is 3.57. The van der Waals surface area contributed by atoms with E-state index in [-0.39, 0.29) is 11.9 Å². The molecule has 0 bridgehead atoms. The lowest BCUT2D eigenvalue weighted by Crippen LogP contribution is -2.29. The van der Waals surface area contributed by atoms with Gasteiger partial charge < -0.3 is 15.3 Å². The minimum Gasteiger partial charge on any atom is -0.464 e. The van der Waals surface area contributed by atoms with Gasteiger partial charge in [0.05, 0.1) is 11.9 Å². The average molecular weight is 416 g/mol. The number of rotatable bonds is 6. The first-order chi connectivity index (χ1) is 14.0. The highest BCUT2D eigenvalue weighted by Gasteiger charge is 2.29. The molecule has 1 aromatic carbocycles. The quantitative estimate of drug-likeness (QED) is 0.733. The zero-order valence-electron chi connectivity index (χ0n) is 16.1. The van der Waals surface area contributed by atoms with Crippen LogP contribution in [-0.2, 0) is 11.2 Å². The van der Waals surface area contributed by atoms with E-state index in [0.717, 1.165) is 35.4 Å². The zero-order chi connectivity index (χ0) is 20.5. The largest absolute Gasteiger partial charge is 0.464 e. The van der Waals surface area contributed by atoms with E-state index in [1.807, 2.05) is 13.0 Å². The van der Waals surface area contributed by atoms with E-state index in [9.17, 15) is 14.7 Å². The molecule has 1 saturated carbocycles. The second kappa shape index (κ2) is 7.87. The fourth-order valence-corrected chi connectivity index (χ4v) is 3.72. The highest BCUT2D eigenvalue weighted by molar-refractivity contribution is 6.32. The monoisotopic (exact) mass is 415 g/mol. The Balaban J connectivity index is 1.78. The summed E-state index contributed by atoms with van der Waals surface area (Å²) in [5, 5.41) is 13.5. The van der Waals surface area contributed by atoms with Gasteiger partial charge in [0.2, 0.25) is 11.9 Å². The van der Waals surface area contributed by atoms with E-state index >= 15 is 0 Å². The lowest BCUT2D eigenvalue weighted by atomic mass is 10.1. The first kappa shape index (κ1) is 19.4. The molecule has 2 aromatic rings. The summed E-state index contributed by atoms with van der Waals surface area (Å²) < 4.78 is 0. The molecule has 29 heavy (non-hydrogen) atoms. The summed E-state index contributed by atoms with van der Waals surface area (Å²) >= 11 is 6.19. The van der Waals surface area contributed by atoms with Crippen LogP contribution in [0.4, 0.5) is 27.9 Å². The smallest absolute Gasteiger partial charge is 0.418 e. The number of carbonyl (C=O) groups excluding carboxylic acids is 1. The Kier molecular flexibility index (Phi) is 5.27. The Hall–Kier alpha value is -2.87. The Morgan fingerprint density at radius 3 is 2.83 bits per heavy atom. The summed E-state index contributed by atoms with van der Waals surface area (Å²) in [5.74, 6) is 0.497. The van der Waals surface area contributed by atoms with Crippen molar-refractivity contribution in [1.82, 2.24) is 9.97 Å². The van der Waals surface area contributed by atoms with Crippen LogP contribution < -0.4 is 15.1 Å². The maximum Gasteiger partial charge on any atom is 0.418 e. The third kappa shape index (κ3) is 3.85. The number of hydrogen-bond acceptors (Lipinski definition) is 5. The molecule has 0 atom stereocenters. The van der Waals surface area contributed by atoms with Crippen molar-refractivity contribution in [2.45, 2.75) is 45.1 Å². The summed E-state index contributed by atoms with van der Waals surface area (Å²) in [6.45, 7) is 2.57. The molecule has 4 rings (SSSR count). The molecular formula is C20H22ClN5O3. The third-order valence-corrected chi connectivity index (χ3v) is 5.40. The minimum absolute atomic E-state index is 0.0182. The number of carboxylic acid groups (broad SMARTS) is 1. The van der Waals surface area contributed by atoms with Crippen molar-refractivity contribution in [2.24, 2.45) is 0 Å². The van der Waals surface area contributed by atoms with E-state index in [0.29, 0.717) is 42.0 Å². The maximum absolute atomic E-state index is 12.3. The third-order valence-electron chi connectivity index (χ3n) is 5.13. The summed E-state index contributed by atoms with van der Waals surface area (Å²) in [4.78, 5) is 35.8. The van der Waals surface area contributed by atoms with E-state index in [2.05, 4.69) is 15.3 Å². The number of halogens is 1. The molecule has 2 amide bonds. The molecule has 1 aliphatic heterocycles. The van der Waals surface area contributed by atoms with Crippen molar-refractivity contribution in [2.75, 3.05) is 21.7 Å². The van der Waals surface area contributed by atoms with Gasteiger partial charge in [0.1, 0.15) is 5.02 Å². The fraction of sp³-hybridized carbons (Fsp3) is 0.400. The number of nitrogens with zero attached hydrogens (tertiary/aromatic N) is 4. The number of nitrogens with one attached hydrogen (secondary N) is 1. The molecule has 1 aliphatic carbocycles. The van der Waals surface area contributed by atoms with Gasteiger partial charge in [-0.2, -0.15) is 4.98 Å². The molecule has 0 unspecified atom stereocenters. The highest BCUT2D eigenvalue weighted by Crippen LogP contribution is 2.36. The van der Waals surface area contributed by atoms with Crippen LogP contribution in [0.1, 0.15) is 38.2 Å². The molecule has 0 radical (unpaired) electrons. The number of carbonyl (C=O) groups is 2. The Labute approximate surface area is 173 Å². The van der Waals surface area contributed by atoms with E-state index < -0.39 is 6.09 Å². The van der Waals surface area contributed by atoms with Crippen molar-refractivity contribution in [1.29, 1.82) is 0 Å². The van der Waals surface area contributed by atoms with Crippen LogP contribution in [0.2, 0.25) is 5.02 Å². The predicted octanol–water partition coefficient (Wildman–Crippen LogP) is 4.21. The lowest BCUT2D eigenvalue weighted by molar-refractivity contribution is -0.117. The molecule has 2 fully saturated rings. The molecule has 1 saturated heterocycles. The van der Waals surface area contributed by atoms with Crippen LogP contribution in [0.3, 0.4) is 0 Å². The van der Waals surface area contributed by atoms with Crippen LogP contribution in [0.25, 0.3) is 0 Å². The van der Waals surface area contributed by atoms with Crippen LogP contribution in [-0.4, -0.2) is 39.7 Å². The molecule has 8 nitrogen and oxygen atoms in total. The normalized spacial score (nSPS) is 16.2. The molecule has 9 heteroatoms. The molecule has 2 aliphatic rings. The summed E-state index contributed by atoms with van der Waals surface area (Å²) in [6.07, 6.45) is 4.13. The van der Waals surface area contributed by atoms with E-state index in [4.69, 9.17) is 11.6 Å². The van der Waals surface area contributed by atoms with Gasteiger partial charge in [0, 0.05) is 30.3 Å². The van der Waals surface area contributed by atoms with Gasteiger partial charge in [-0.05, 0) is 37.8 Å². The van der Waals surface area contributed by atoms with Crippen molar-refractivity contribution >= 4 is 46.7 Å². The first-order valence-electron chi connectivity index (χ1n) is 9.74. The molecule has 0 spiro atoms. The predicted molar refractivity (Wildman–Crippen MR) is 111 cm³/mol. The minimum atomic E-state index is -1.20.